The van der Waals surface area contributed by atoms with E-state index in [9.17, 15) is 9.90 Å². The lowest BCUT2D eigenvalue weighted by molar-refractivity contribution is -0.138. The number of benzene rings is 1. The summed E-state index contributed by atoms with van der Waals surface area (Å²) in [6, 6.07) is 9.83. The van der Waals surface area contributed by atoms with Gasteiger partial charge in [0.15, 0.2) is 5.76 Å². The zero-order chi connectivity index (χ0) is 20.4. The van der Waals surface area contributed by atoms with E-state index < -0.39 is 5.97 Å². The number of aliphatic imine (C=N–C) groups is 1. The van der Waals surface area contributed by atoms with E-state index in [-0.39, 0.29) is 17.9 Å². The summed E-state index contributed by atoms with van der Waals surface area (Å²) in [5, 5.41) is 10.5. The van der Waals surface area contributed by atoms with Gasteiger partial charge < -0.3 is 19.1 Å². The number of hydrogen-bond acceptors (Lipinski definition) is 5. The fraction of sp³-hybridized carbons (Fsp3) is 0.273. The summed E-state index contributed by atoms with van der Waals surface area (Å²) in [4.78, 5) is 16.4. The minimum absolute atomic E-state index is 0.122. The van der Waals surface area contributed by atoms with Gasteiger partial charge in [-0.1, -0.05) is 0 Å². The molecule has 3 rings (SSSR count). The number of carbonyl (C=O) groups is 1. The van der Waals surface area contributed by atoms with Crippen LogP contribution in [0, 0.1) is 13.8 Å². The van der Waals surface area contributed by atoms with Crippen molar-refractivity contribution in [1.29, 1.82) is 0 Å². The Morgan fingerprint density at radius 1 is 1.21 bits per heavy atom. The highest BCUT2D eigenvalue weighted by molar-refractivity contribution is 6.22. The molecule has 0 aliphatic carbocycles. The van der Waals surface area contributed by atoms with Gasteiger partial charge in [-0.05, 0) is 69.7 Å². The summed E-state index contributed by atoms with van der Waals surface area (Å²) in [5.74, 6) is 0.0874. The van der Waals surface area contributed by atoms with Gasteiger partial charge in [0.1, 0.15) is 17.0 Å². The third-order valence-corrected chi connectivity index (χ3v) is 4.70. The molecule has 1 aromatic carbocycles. The SMILES string of the molecule is CCOC(=O)C1=C(O)C(=Cc2cc(C)n(-c3ccc(OC)cc3)c2C)N=C1C. The van der Waals surface area contributed by atoms with Gasteiger partial charge in [0.2, 0.25) is 0 Å². The standard InChI is InChI=1S/C22H24N2O4/c1-6-28-22(26)20-14(3)23-19(21(20)25)12-16-11-13(2)24(15(16)4)17-7-9-18(27-5)10-8-17/h7-12,25H,6H2,1-5H3. The zero-order valence-corrected chi connectivity index (χ0v) is 16.7. The summed E-state index contributed by atoms with van der Waals surface area (Å²) < 4.78 is 12.3. The number of rotatable bonds is 5. The summed E-state index contributed by atoms with van der Waals surface area (Å²) >= 11 is 0. The van der Waals surface area contributed by atoms with Gasteiger partial charge in [-0.3, -0.25) is 0 Å². The Labute approximate surface area is 164 Å². The topological polar surface area (TPSA) is 73.0 Å². The van der Waals surface area contributed by atoms with Gasteiger partial charge in [-0.15, -0.1) is 0 Å². The first kappa shape index (κ1) is 19.5. The number of aliphatic hydroxyl groups excluding tert-OH is 1. The third-order valence-electron chi connectivity index (χ3n) is 4.70. The second-order valence-corrected chi connectivity index (χ2v) is 6.53. The van der Waals surface area contributed by atoms with Crippen LogP contribution < -0.4 is 4.74 Å². The van der Waals surface area contributed by atoms with Crippen LogP contribution >= 0.6 is 0 Å². The molecule has 0 amide bonds. The van der Waals surface area contributed by atoms with Gasteiger partial charge in [-0.2, -0.15) is 0 Å². The molecule has 1 aliphatic heterocycles. The quantitative estimate of drug-likeness (QED) is 0.785. The molecule has 2 heterocycles. The van der Waals surface area contributed by atoms with Crippen LogP contribution in [0.4, 0.5) is 0 Å². The molecule has 2 aromatic rings. The van der Waals surface area contributed by atoms with Gasteiger partial charge in [-0.25, -0.2) is 9.79 Å². The highest BCUT2D eigenvalue weighted by Crippen LogP contribution is 2.29. The maximum Gasteiger partial charge on any atom is 0.343 e. The van der Waals surface area contributed by atoms with E-state index in [4.69, 9.17) is 9.47 Å². The van der Waals surface area contributed by atoms with Crippen molar-refractivity contribution in [2.75, 3.05) is 13.7 Å². The molecular formula is C22H24N2O4. The number of aryl methyl sites for hydroxylation is 1. The number of aliphatic hydroxyl groups is 1. The number of aromatic nitrogens is 1. The average molecular weight is 380 g/mol. The number of methoxy groups -OCH3 is 1. The highest BCUT2D eigenvalue weighted by atomic mass is 16.5. The fourth-order valence-electron chi connectivity index (χ4n) is 3.35. The number of esters is 1. The van der Waals surface area contributed by atoms with E-state index >= 15 is 0 Å². The lowest BCUT2D eigenvalue weighted by atomic mass is 10.1. The van der Waals surface area contributed by atoms with Crippen molar-refractivity contribution < 1.29 is 19.4 Å². The Morgan fingerprint density at radius 2 is 1.89 bits per heavy atom. The van der Waals surface area contributed by atoms with E-state index in [1.165, 1.54) is 0 Å². The molecule has 1 aliphatic rings. The number of nitrogens with zero attached hydrogens (tertiary/aromatic N) is 2. The van der Waals surface area contributed by atoms with Crippen molar-refractivity contribution in [3.05, 3.63) is 64.3 Å². The predicted molar refractivity (Wildman–Crippen MR) is 109 cm³/mol. The Bertz CT molecular complexity index is 1010. The Hall–Kier alpha value is -3.28. The molecule has 1 N–H and O–H groups in total. The number of hydrogen-bond donors (Lipinski definition) is 1. The molecule has 6 nitrogen and oxygen atoms in total. The van der Waals surface area contributed by atoms with Crippen molar-refractivity contribution in [2.45, 2.75) is 27.7 Å². The lowest BCUT2D eigenvalue weighted by Crippen LogP contribution is -2.13. The number of ether oxygens (including phenoxy) is 2. The largest absolute Gasteiger partial charge is 0.505 e. The Balaban J connectivity index is 2.01. The van der Waals surface area contributed by atoms with Gasteiger partial charge in [0.05, 0.1) is 19.4 Å². The molecular weight excluding hydrogens is 356 g/mol. The molecule has 28 heavy (non-hydrogen) atoms. The van der Waals surface area contributed by atoms with Crippen molar-refractivity contribution in [2.24, 2.45) is 4.99 Å². The van der Waals surface area contributed by atoms with E-state index in [1.807, 2.05) is 44.2 Å². The normalized spacial score (nSPS) is 15.2. The Kier molecular flexibility index (Phi) is 5.40. The molecule has 0 saturated heterocycles. The number of carbonyl (C=O) groups excluding carboxylic acids is 1. The monoisotopic (exact) mass is 380 g/mol. The molecule has 6 heteroatoms. The maximum absolute atomic E-state index is 12.1. The van der Waals surface area contributed by atoms with Crippen LogP contribution in [0.3, 0.4) is 0 Å². The summed E-state index contributed by atoms with van der Waals surface area (Å²) in [6.45, 7) is 7.67. The first-order valence-electron chi connectivity index (χ1n) is 9.08. The van der Waals surface area contributed by atoms with Crippen molar-refractivity contribution in [1.82, 2.24) is 4.57 Å². The van der Waals surface area contributed by atoms with Crippen LogP contribution in [-0.4, -0.2) is 35.1 Å². The second kappa shape index (κ2) is 7.76. The van der Waals surface area contributed by atoms with Crippen LogP contribution in [0.5, 0.6) is 5.75 Å². The first-order valence-corrected chi connectivity index (χ1v) is 9.08. The zero-order valence-electron chi connectivity index (χ0n) is 16.7. The molecule has 146 valence electrons. The molecule has 0 saturated carbocycles. The summed E-state index contributed by atoms with van der Waals surface area (Å²) in [6.07, 6.45) is 1.79. The van der Waals surface area contributed by atoms with E-state index in [0.29, 0.717) is 11.4 Å². The Morgan fingerprint density at radius 3 is 2.50 bits per heavy atom. The van der Waals surface area contributed by atoms with Crippen LogP contribution in [0.15, 0.2) is 52.4 Å². The highest BCUT2D eigenvalue weighted by Gasteiger charge is 2.28. The van der Waals surface area contributed by atoms with Gasteiger partial charge in [0, 0.05) is 17.1 Å². The van der Waals surface area contributed by atoms with Gasteiger partial charge in [0.25, 0.3) is 0 Å². The minimum atomic E-state index is -0.562. The molecule has 0 spiro atoms. The van der Waals surface area contributed by atoms with Crippen LogP contribution in [0.2, 0.25) is 0 Å². The van der Waals surface area contributed by atoms with Crippen molar-refractivity contribution in [3.8, 4) is 11.4 Å². The van der Waals surface area contributed by atoms with Crippen LogP contribution in [0.1, 0.15) is 30.8 Å². The lowest BCUT2D eigenvalue weighted by Gasteiger charge is -2.10. The molecule has 0 unspecified atom stereocenters. The second-order valence-electron chi connectivity index (χ2n) is 6.53. The molecule has 0 radical (unpaired) electrons. The summed E-state index contributed by atoms with van der Waals surface area (Å²) in [7, 11) is 1.64. The third kappa shape index (κ3) is 3.45. The minimum Gasteiger partial charge on any atom is -0.505 e. The molecule has 0 bridgehead atoms. The fourth-order valence-corrected chi connectivity index (χ4v) is 3.35. The summed E-state index contributed by atoms with van der Waals surface area (Å²) in [5.41, 5.74) is 4.90. The molecule has 0 fully saturated rings. The molecule has 0 atom stereocenters. The smallest absolute Gasteiger partial charge is 0.343 e. The van der Waals surface area contributed by atoms with Crippen LogP contribution in [-0.2, 0) is 9.53 Å². The predicted octanol–water partition coefficient (Wildman–Crippen LogP) is 4.29. The van der Waals surface area contributed by atoms with Gasteiger partial charge >= 0.3 is 5.97 Å². The van der Waals surface area contributed by atoms with E-state index in [1.54, 1.807) is 27.0 Å². The van der Waals surface area contributed by atoms with Crippen molar-refractivity contribution in [3.63, 3.8) is 0 Å². The van der Waals surface area contributed by atoms with Crippen molar-refractivity contribution >= 4 is 17.8 Å². The maximum atomic E-state index is 12.1. The average Bonchev–Trinajstić information content (AvgIpc) is 3.10. The molecule has 1 aromatic heterocycles. The van der Waals surface area contributed by atoms with Crippen LogP contribution in [0.25, 0.3) is 11.8 Å². The van der Waals surface area contributed by atoms with E-state index in [0.717, 1.165) is 28.4 Å². The van der Waals surface area contributed by atoms with E-state index in [2.05, 4.69) is 9.56 Å². The first-order chi connectivity index (χ1) is 13.4.